The van der Waals surface area contributed by atoms with Gasteiger partial charge in [0.1, 0.15) is 5.82 Å². The zero-order valence-electron chi connectivity index (χ0n) is 15.9. The lowest BCUT2D eigenvalue weighted by molar-refractivity contribution is 0.0761. The van der Waals surface area contributed by atoms with E-state index < -0.39 is 0 Å². The molecule has 4 rings (SSSR count). The van der Waals surface area contributed by atoms with E-state index in [2.05, 4.69) is 40.7 Å². The molecule has 1 saturated heterocycles. The molecule has 26 heavy (non-hydrogen) atoms. The van der Waals surface area contributed by atoms with Crippen molar-refractivity contribution in [3.63, 3.8) is 0 Å². The van der Waals surface area contributed by atoms with Gasteiger partial charge in [0.25, 0.3) is 5.56 Å². The molecule has 0 amide bonds. The summed E-state index contributed by atoms with van der Waals surface area (Å²) in [6.45, 7) is 9.89. The van der Waals surface area contributed by atoms with Crippen molar-refractivity contribution in [1.82, 2.24) is 24.6 Å². The first kappa shape index (κ1) is 17.3. The average molecular weight is 353 g/mol. The van der Waals surface area contributed by atoms with Gasteiger partial charge in [0, 0.05) is 60.9 Å². The molecule has 1 aliphatic heterocycles. The van der Waals surface area contributed by atoms with Crippen LogP contribution in [0.4, 0.5) is 0 Å². The predicted octanol–water partition coefficient (Wildman–Crippen LogP) is 2.34. The summed E-state index contributed by atoms with van der Waals surface area (Å²) in [5.41, 5.74) is 2.06. The second-order valence-corrected chi connectivity index (χ2v) is 8.77. The third kappa shape index (κ3) is 3.85. The van der Waals surface area contributed by atoms with E-state index in [1.165, 1.54) is 12.8 Å². The lowest BCUT2D eigenvalue weighted by Crippen LogP contribution is -2.49. The highest BCUT2D eigenvalue weighted by Crippen LogP contribution is 2.37. The number of rotatable bonds is 5. The summed E-state index contributed by atoms with van der Waals surface area (Å²) in [6.07, 6.45) is 6.40. The minimum absolute atomic E-state index is 0.0134. The van der Waals surface area contributed by atoms with Gasteiger partial charge in [-0.15, -0.1) is 0 Å². The van der Waals surface area contributed by atoms with Crippen molar-refractivity contribution in [2.75, 3.05) is 13.1 Å². The van der Waals surface area contributed by atoms with E-state index in [0.29, 0.717) is 18.4 Å². The monoisotopic (exact) mass is 353 g/mol. The zero-order chi connectivity index (χ0) is 18.3. The fourth-order valence-corrected chi connectivity index (χ4v) is 3.40. The molecule has 0 radical (unpaired) electrons. The fourth-order valence-electron chi connectivity index (χ4n) is 3.40. The molecule has 1 aliphatic carbocycles. The predicted molar refractivity (Wildman–Crippen MR) is 100.0 cm³/mol. The van der Waals surface area contributed by atoms with E-state index in [9.17, 15) is 4.79 Å². The minimum Gasteiger partial charge on any atom is -0.298 e. The van der Waals surface area contributed by atoms with Crippen molar-refractivity contribution >= 4 is 0 Å². The SMILES string of the molecule is CC(C)(C)c1ccc(=O)n(CC2CN(Cc3cnc(C4CC4)nc3)C2)n1. The van der Waals surface area contributed by atoms with Crippen molar-refractivity contribution in [3.05, 3.63) is 52.0 Å². The smallest absolute Gasteiger partial charge is 0.266 e. The summed E-state index contributed by atoms with van der Waals surface area (Å²) in [5.74, 6) is 2.08. The Bertz CT molecular complexity index is 827. The molecule has 0 bridgehead atoms. The zero-order valence-corrected chi connectivity index (χ0v) is 15.9. The van der Waals surface area contributed by atoms with Crippen LogP contribution in [0.15, 0.2) is 29.3 Å². The van der Waals surface area contributed by atoms with Crippen LogP contribution < -0.4 is 5.56 Å². The third-order valence-corrected chi connectivity index (χ3v) is 5.17. The summed E-state index contributed by atoms with van der Waals surface area (Å²) in [4.78, 5) is 23.5. The van der Waals surface area contributed by atoms with Gasteiger partial charge in [0.2, 0.25) is 0 Å². The molecule has 2 fully saturated rings. The van der Waals surface area contributed by atoms with Crippen LogP contribution in [-0.2, 0) is 18.5 Å². The summed E-state index contributed by atoms with van der Waals surface area (Å²) in [6, 6.07) is 3.49. The van der Waals surface area contributed by atoms with Crippen molar-refractivity contribution in [3.8, 4) is 0 Å². The van der Waals surface area contributed by atoms with E-state index >= 15 is 0 Å². The van der Waals surface area contributed by atoms with Crippen LogP contribution >= 0.6 is 0 Å². The number of aromatic nitrogens is 4. The summed E-state index contributed by atoms with van der Waals surface area (Å²) < 4.78 is 1.64. The Labute approximate surface area is 154 Å². The van der Waals surface area contributed by atoms with Gasteiger partial charge in [0.15, 0.2) is 0 Å². The van der Waals surface area contributed by atoms with Crippen molar-refractivity contribution in [2.24, 2.45) is 5.92 Å². The third-order valence-electron chi connectivity index (χ3n) is 5.17. The Kier molecular flexibility index (Phi) is 4.39. The summed E-state index contributed by atoms with van der Waals surface area (Å²) >= 11 is 0. The van der Waals surface area contributed by atoms with Crippen LogP contribution in [-0.4, -0.2) is 37.7 Å². The largest absolute Gasteiger partial charge is 0.298 e. The Balaban J connectivity index is 1.31. The van der Waals surface area contributed by atoms with Gasteiger partial charge >= 0.3 is 0 Å². The first-order valence-electron chi connectivity index (χ1n) is 9.50. The van der Waals surface area contributed by atoms with E-state index in [0.717, 1.165) is 36.7 Å². The van der Waals surface area contributed by atoms with E-state index in [4.69, 9.17) is 0 Å². The van der Waals surface area contributed by atoms with Gasteiger partial charge in [-0.2, -0.15) is 5.10 Å². The Morgan fingerprint density at radius 1 is 1.12 bits per heavy atom. The number of hydrogen-bond donors (Lipinski definition) is 0. The first-order valence-corrected chi connectivity index (χ1v) is 9.50. The molecule has 0 aromatic carbocycles. The van der Waals surface area contributed by atoms with Gasteiger partial charge in [-0.3, -0.25) is 9.69 Å². The summed E-state index contributed by atoms with van der Waals surface area (Å²) in [7, 11) is 0. The van der Waals surface area contributed by atoms with Crippen LogP contribution in [0.3, 0.4) is 0 Å². The average Bonchev–Trinajstić information content (AvgIpc) is 3.39. The van der Waals surface area contributed by atoms with Crippen LogP contribution in [0.25, 0.3) is 0 Å². The molecule has 6 heteroatoms. The number of hydrogen-bond acceptors (Lipinski definition) is 5. The molecule has 2 aromatic heterocycles. The quantitative estimate of drug-likeness (QED) is 0.825. The lowest BCUT2D eigenvalue weighted by Gasteiger charge is -2.39. The topological polar surface area (TPSA) is 63.9 Å². The Morgan fingerprint density at radius 2 is 1.81 bits per heavy atom. The molecular formula is C20H27N5O. The second kappa shape index (κ2) is 6.58. The van der Waals surface area contributed by atoms with Crippen LogP contribution in [0.5, 0.6) is 0 Å². The van der Waals surface area contributed by atoms with Gasteiger partial charge in [0.05, 0.1) is 12.2 Å². The highest BCUT2D eigenvalue weighted by atomic mass is 16.1. The molecule has 2 aliphatic rings. The van der Waals surface area contributed by atoms with Crippen LogP contribution in [0.1, 0.15) is 56.6 Å². The number of nitrogens with zero attached hydrogens (tertiary/aromatic N) is 5. The molecule has 3 heterocycles. The normalized spacial score (nSPS) is 18.7. The number of likely N-dealkylation sites (tertiary alicyclic amines) is 1. The Hall–Kier alpha value is -2.08. The molecule has 1 saturated carbocycles. The van der Waals surface area contributed by atoms with E-state index in [1.54, 1.807) is 10.7 Å². The molecule has 6 nitrogen and oxygen atoms in total. The van der Waals surface area contributed by atoms with Crippen LogP contribution in [0.2, 0.25) is 0 Å². The molecule has 2 aromatic rings. The fraction of sp³-hybridized carbons (Fsp3) is 0.600. The molecule has 0 unspecified atom stereocenters. The first-order chi connectivity index (χ1) is 12.4. The highest BCUT2D eigenvalue weighted by Gasteiger charge is 2.29. The molecule has 138 valence electrons. The maximum atomic E-state index is 12.1. The molecule has 0 spiro atoms. The molecular weight excluding hydrogens is 326 g/mol. The van der Waals surface area contributed by atoms with E-state index in [1.807, 2.05) is 18.5 Å². The van der Waals surface area contributed by atoms with Gasteiger partial charge in [-0.25, -0.2) is 14.6 Å². The van der Waals surface area contributed by atoms with Crippen molar-refractivity contribution in [1.29, 1.82) is 0 Å². The standard InChI is InChI=1S/C20H27N5O/c1-20(2,3)17-6-7-18(26)25(23-17)13-15-11-24(12-15)10-14-8-21-19(22-9-14)16-4-5-16/h6-9,15-16H,4-5,10-13H2,1-3H3. The maximum absolute atomic E-state index is 12.1. The van der Waals surface area contributed by atoms with Gasteiger partial charge < -0.3 is 0 Å². The van der Waals surface area contributed by atoms with Gasteiger partial charge in [-0.05, 0) is 18.9 Å². The summed E-state index contributed by atoms with van der Waals surface area (Å²) in [5, 5.41) is 4.57. The minimum atomic E-state index is -0.0479. The van der Waals surface area contributed by atoms with Crippen molar-refractivity contribution in [2.45, 2.75) is 58.0 Å². The van der Waals surface area contributed by atoms with E-state index in [-0.39, 0.29) is 11.0 Å². The van der Waals surface area contributed by atoms with Crippen LogP contribution in [0, 0.1) is 5.92 Å². The highest BCUT2D eigenvalue weighted by molar-refractivity contribution is 5.12. The maximum Gasteiger partial charge on any atom is 0.266 e. The molecule has 0 N–H and O–H groups in total. The van der Waals surface area contributed by atoms with Crippen molar-refractivity contribution < 1.29 is 0 Å². The second-order valence-electron chi connectivity index (χ2n) is 8.77. The Morgan fingerprint density at radius 3 is 2.42 bits per heavy atom. The van der Waals surface area contributed by atoms with Gasteiger partial charge in [-0.1, -0.05) is 20.8 Å². The molecule has 0 atom stereocenters. The lowest BCUT2D eigenvalue weighted by atomic mass is 9.92.